The topological polar surface area (TPSA) is 84.1 Å². The Hall–Kier alpha value is -1.76. The van der Waals surface area contributed by atoms with Crippen molar-refractivity contribution in [3.05, 3.63) is 17.8 Å². The molecule has 0 aromatic carbocycles. The molecule has 98 valence electrons. The highest BCUT2D eigenvalue weighted by Gasteiger charge is 2.14. The van der Waals surface area contributed by atoms with Gasteiger partial charge < -0.3 is 16.0 Å². The molecule has 0 radical (unpaired) electrons. The molecule has 1 aromatic rings. The lowest BCUT2D eigenvalue weighted by molar-refractivity contribution is -0.120. The Morgan fingerprint density at radius 2 is 2.28 bits per heavy atom. The van der Waals surface area contributed by atoms with Gasteiger partial charge in [-0.1, -0.05) is 12.2 Å². The van der Waals surface area contributed by atoms with E-state index in [-0.39, 0.29) is 23.5 Å². The van der Waals surface area contributed by atoms with Crippen molar-refractivity contribution in [2.45, 2.75) is 19.9 Å². The number of carbonyl (C=O) groups excluding carboxylic acids is 1. The van der Waals surface area contributed by atoms with E-state index in [2.05, 4.69) is 15.5 Å². The van der Waals surface area contributed by atoms with Gasteiger partial charge in [0, 0.05) is 13.1 Å². The minimum absolute atomic E-state index is 0.0907. The number of nitrogens with zero attached hydrogens (tertiary/aromatic N) is 3. The third kappa shape index (κ3) is 3.92. The van der Waals surface area contributed by atoms with Gasteiger partial charge >= 0.3 is 0 Å². The molecule has 0 unspecified atom stereocenters. The van der Waals surface area contributed by atoms with Crippen molar-refractivity contribution in [3.63, 3.8) is 0 Å². The fraction of sp³-hybridized carbons (Fsp3) is 0.455. The zero-order chi connectivity index (χ0) is 13.7. The van der Waals surface area contributed by atoms with E-state index in [4.69, 9.17) is 18.0 Å². The number of carbonyl (C=O) groups is 1. The summed E-state index contributed by atoms with van der Waals surface area (Å²) in [6.45, 7) is 3.98. The van der Waals surface area contributed by atoms with E-state index in [1.165, 1.54) is 6.20 Å². The second-order valence-electron chi connectivity index (χ2n) is 4.21. The van der Waals surface area contributed by atoms with E-state index < -0.39 is 0 Å². The molecule has 18 heavy (non-hydrogen) atoms. The van der Waals surface area contributed by atoms with Crippen LogP contribution < -0.4 is 16.0 Å². The van der Waals surface area contributed by atoms with Gasteiger partial charge in [-0.15, -0.1) is 5.10 Å². The average Bonchev–Trinajstić information content (AvgIpc) is 2.27. The van der Waals surface area contributed by atoms with Crippen LogP contribution in [0.5, 0.6) is 0 Å². The number of likely N-dealkylation sites (N-methyl/N-ethyl adjacent to an activating group) is 1. The van der Waals surface area contributed by atoms with Crippen molar-refractivity contribution in [1.29, 1.82) is 0 Å². The third-order valence-corrected chi connectivity index (χ3v) is 2.38. The summed E-state index contributed by atoms with van der Waals surface area (Å²) in [6.07, 6.45) is 1.51. The Labute approximate surface area is 112 Å². The largest absolute Gasteiger partial charge is 0.389 e. The van der Waals surface area contributed by atoms with Gasteiger partial charge in [0.05, 0.1) is 18.3 Å². The molecule has 0 bridgehead atoms. The molecule has 1 amide bonds. The van der Waals surface area contributed by atoms with Crippen LogP contribution in [-0.2, 0) is 4.79 Å². The molecular weight excluding hydrogens is 250 g/mol. The molecule has 0 aliphatic carbocycles. The lowest BCUT2D eigenvalue weighted by atomic mass is 10.2. The zero-order valence-electron chi connectivity index (χ0n) is 10.7. The first-order chi connectivity index (χ1) is 8.41. The van der Waals surface area contributed by atoms with Gasteiger partial charge in [-0.2, -0.15) is 5.10 Å². The highest BCUT2D eigenvalue weighted by atomic mass is 32.1. The number of anilines is 1. The molecule has 0 fully saturated rings. The van der Waals surface area contributed by atoms with Crippen LogP contribution in [0.25, 0.3) is 0 Å². The summed E-state index contributed by atoms with van der Waals surface area (Å²) in [5.41, 5.74) is 6.21. The van der Waals surface area contributed by atoms with E-state index in [9.17, 15) is 4.79 Å². The van der Waals surface area contributed by atoms with Gasteiger partial charge in [-0.3, -0.25) is 4.79 Å². The van der Waals surface area contributed by atoms with Gasteiger partial charge in [-0.25, -0.2) is 0 Å². The number of nitrogens with one attached hydrogen (secondary N) is 1. The fourth-order valence-electron chi connectivity index (χ4n) is 1.46. The van der Waals surface area contributed by atoms with E-state index in [1.807, 2.05) is 13.8 Å². The predicted molar refractivity (Wildman–Crippen MR) is 74.5 cm³/mol. The molecule has 1 heterocycles. The van der Waals surface area contributed by atoms with Crippen molar-refractivity contribution in [1.82, 2.24) is 15.5 Å². The van der Waals surface area contributed by atoms with Crippen molar-refractivity contribution >= 4 is 28.9 Å². The van der Waals surface area contributed by atoms with Gasteiger partial charge in [0.1, 0.15) is 4.99 Å². The molecule has 0 spiro atoms. The third-order valence-electron chi connectivity index (χ3n) is 2.16. The first-order valence-electron chi connectivity index (χ1n) is 5.53. The SMILES string of the molecule is CC(C)NC(=O)CN(C)c1nnccc1C(N)=S. The molecule has 3 N–H and O–H groups in total. The van der Waals surface area contributed by atoms with Gasteiger partial charge in [0.15, 0.2) is 5.82 Å². The lowest BCUT2D eigenvalue weighted by Crippen LogP contribution is -2.39. The monoisotopic (exact) mass is 267 g/mol. The Morgan fingerprint density at radius 3 is 2.83 bits per heavy atom. The number of thiocarbonyl (C=S) groups is 1. The van der Waals surface area contributed by atoms with E-state index in [0.29, 0.717) is 11.4 Å². The molecule has 0 aliphatic rings. The molecule has 1 aromatic heterocycles. The molecule has 0 saturated heterocycles. The van der Waals surface area contributed by atoms with Crippen LogP contribution >= 0.6 is 12.2 Å². The van der Waals surface area contributed by atoms with Crippen LogP contribution in [0.2, 0.25) is 0 Å². The smallest absolute Gasteiger partial charge is 0.239 e. The molecule has 0 atom stereocenters. The Kier molecular flexibility index (Phi) is 4.96. The van der Waals surface area contributed by atoms with E-state index in [1.54, 1.807) is 18.0 Å². The van der Waals surface area contributed by atoms with Crippen molar-refractivity contribution < 1.29 is 4.79 Å². The number of hydrogen-bond donors (Lipinski definition) is 2. The maximum Gasteiger partial charge on any atom is 0.239 e. The first kappa shape index (κ1) is 14.3. The normalized spacial score (nSPS) is 10.2. The summed E-state index contributed by atoms with van der Waals surface area (Å²) >= 11 is 4.94. The molecular formula is C11H17N5OS. The van der Waals surface area contributed by atoms with Gasteiger partial charge in [0.2, 0.25) is 5.91 Å². The number of amides is 1. The highest BCUT2D eigenvalue weighted by Crippen LogP contribution is 2.13. The van der Waals surface area contributed by atoms with Gasteiger partial charge in [0.25, 0.3) is 0 Å². The van der Waals surface area contributed by atoms with Crippen molar-refractivity contribution in [2.75, 3.05) is 18.5 Å². The molecule has 7 heteroatoms. The summed E-state index contributed by atoms with van der Waals surface area (Å²) in [4.78, 5) is 13.6. The molecule has 0 aliphatic heterocycles. The maximum absolute atomic E-state index is 11.7. The number of hydrogen-bond acceptors (Lipinski definition) is 5. The van der Waals surface area contributed by atoms with E-state index in [0.717, 1.165) is 0 Å². The Morgan fingerprint density at radius 1 is 1.61 bits per heavy atom. The Bertz CT molecular complexity index is 449. The second kappa shape index (κ2) is 6.25. The highest BCUT2D eigenvalue weighted by molar-refractivity contribution is 7.80. The van der Waals surface area contributed by atoms with Crippen LogP contribution in [0, 0.1) is 0 Å². The Balaban J connectivity index is 2.81. The summed E-state index contributed by atoms with van der Waals surface area (Å²) < 4.78 is 0. The van der Waals surface area contributed by atoms with Crippen LogP contribution in [-0.4, -0.2) is 40.7 Å². The summed E-state index contributed by atoms with van der Waals surface area (Å²) in [5, 5.41) is 10.5. The van der Waals surface area contributed by atoms with Crippen molar-refractivity contribution in [3.8, 4) is 0 Å². The molecule has 0 saturated carbocycles. The quantitative estimate of drug-likeness (QED) is 0.735. The predicted octanol–water partition coefficient (Wildman–Crippen LogP) is 0.0716. The maximum atomic E-state index is 11.7. The van der Waals surface area contributed by atoms with Crippen LogP contribution in [0.4, 0.5) is 5.82 Å². The van der Waals surface area contributed by atoms with E-state index >= 15 is 0 Å². The summed E-state index contributed by atoms with van der Waals surface area (Å²) in [5.74, 6) is 0.413. The molecule has 6 nitrogen and oxygen atoms in total. The minimum atomic E-state index is -0.0907. The standard InChI is InChI=1S/C11H17N5OS/c1-7(2)14-9(17)6-16(3)11-8(10(12)18)4-5-13-15-11/h4-5,7H,6H2,1-3H3,(H2,12,18)(H,14,17). The average molecular weight is 267 g/mol. The summed E-state index contributed by atoms with van der Waals surface area (Å²) in [7, 11) is 1.74. The number of aromatic nitrogens is 2. The first-order valence-corrected chi connectivity index (χ1v) is 5.94. The molecule has 1 rings (SSSR count). The van der Waals surface area contributed by atoms with Crippen LogP contribution in [0.3, 0.4) is 0 Å². The second-order valence-corrected chi connectivity index (χ2v) is 4.65. The van der Waals surface area contributed by atoms with Crippen LogP contribution in [0.15, 0.2) is 12.3 Å². The number of nitrogens with two attached hydrogens (primary N) is 1. The summed E-state index contributed by atoms with van der Waals surface area (Å²) in [6, 6.07) is 1.78. The van der Waals surface area contributed by atoms with Crippen molar-refractivity contribution in [2.24, 2.45) is 5.73 Å². The minimum Gasteiger partial charge on any atom is -0.389 e. The zero-order valence-corrected chi connectivity index (χ0v) is 11.5. The lowest BCUT2D eigenvalue weighted by Gasteiger charge is -2.20. The fourth-order valence-corrected chi connectivity index (χ4v) is 1.62. The van der Waals surface area contributed by atoms with Gasteiger partial charge in [-0.05, 0) is 19.9 Å². The number of rotatable bonds is 5. The van der Waals surface area contributed by atoms with Crippen LogP contribution in [0.1, 0.15) is 19.4 Å².